The molecule has 1 aromatic heterocycles. The van der Waals surface area contributed by atoms with E-state index in [9.17, 15) is 19.3 Å². The van der Waals surface area contributed by atoms with E-state index >= 15 is 0 Å². The van der Waals surface area contributed by atoms with Crippen LogP contribution in [0.2, 0.25) is 5.02 Å². The maximum atomic E-state index is 13.3. The van der Waals surface area contributed by atoms with Gasteiger partial charge < -0.3 is 4.90 Å². The van der Waals surface area contributed by atoms with E-state index in [1.807, 2.05) is 0 Å². The van der Waals surface area contributed by atoms with Gasteiger partial charge in [0.25, 0.3) is 11.6 Å². The van der Waals surface area contributed by atoms with Gasteiger partial charge in [-0.25, -0.2) is 4.39 Å². The van der Waals surface area contributed by atoms with Gasteiger partial charge in [0.1, 0.15) is 5.82 Å². The van der Waals surface area contributed by atoms with Crippen LogP contribution in [0, 0.1) is 22.9 Å². The Kier molecular flexibility index (Phi) is 5.05. The van der Waals surface area contributed by atoms with Crippen LogP contribution in [0.3, 0.4) is 0 Å². The van der Waals surface area contributed by atoms with E-state index in [1.165, 1.54) is 35.2 Å². The monoisotopic (exact) mass is 387 g/mol. The SMILES string of the molecule is Cc1nc2cc(F)ccc2cc1C(=O)N(C)Cc1cc([N+](=O)[O-])ccc1Cl. The molecule has 3 aromatic rings. The third kappa shape index (κ3) is 3.88. The molecule has 8 heteroatoms. The molecule has 1 amide bonds. The number of aromatic nitrogens is 1. The number of carbonyl (C=O) groups excluding carboxylic acids is 1. The number of carbonyl (C=O) groups is 1. The van der Waals surface area contributed by atoms with Crippen LogP contribution in [0.5, 0.6) is 0 Å². The van der Waals surface area contributed by atoms with E-state index < -0.39 is 10.7 Å². The van der Waals surface area contributed by atoms with Crippen LogP contribution in [0.15, 0.2) is 42.5 Å². The van der Waals surface area contributed by atoms with Gasteiger partial charge >= 0.3 is 0 Å². The minimum absolute atomic E-state index is 0.0965. The lowest BCUT2D eigenvalue weighted by atomic mass is 10.1. The van der Waals surface area contributed by atoms with E-state index in [2.05, 4.69) is 4.98 Å². The normalized spacial score (nSPS) is 10.8. The Morgan fingerprint density at radius 3 is 2.70 bits per heavy atom. The number of amides is 1. The van der Waals surface area contributed by atoms with Gasteiger partial charge in [-0.1, -0.05) is 11.6 Å². The van der Waals surface area contributed by atoms with Crippen LogP contribution in [0.25, 0.3) is 10.9 Å². The van der Waals surface area contributed by atoms with Crippen molar-refractivity contribution in [3.8, 4) is 0 Å². The molecule has 0 saturated carbocycles. The van der Waals surface area contributed by atoms with Crippen LogP contribution in [0.4, 0.5) is 10.1 Å². The highest BCUT2D eigenvalue weighted by atomic mass is 35.5. The van der Waals surface area contributed by atoms with Crippen molar-refractivity contribution < 1.29 is 14.1 Å². The van der Waals surface area contributed by atoms with Crippen molar-refractivity contribution in [2.45, 2.75) is 13.5 Å². The highest BCUT2D eigenvalue weighted by Gasteiger charge is 2.19. The molecular weight excluding hydrogens is 373 g/mol. The first-order valence-corrected chi connectivity index (χ1v) is 8.39. The largest absolute Gasteiger partial charge is 0.337 e. The highest BCUT2D eigenvalue weighted by molar-refractivity contribution is 6.31. The molecule has 6 nitrogen and oxygen atoms in total. The molecule has 27 heavy (non-hydrogen) atoms. The summed E-state index contributed by atoms with van der Waals surface area (Å²) in [4.78, 5) is 29.0. The Hall–Kier alpha value is -3.06. The number of fused-ring (bicyclic) bond motifs is 1. The minimum Gasteiger partial charge on any atom is -0.337 e. The molecule has 2 aromatic carbocycles. The van der Waals surface area contributed by atoms with Gasteiger partial charge in [-0.15, -0.1) is 0 Å². The van der Waals surface area contributed by atoms with Crippen LogP contribution < -0.4 is 0 Å². The van der Waals surface area contributed by atoms with Gasteiger partial charge in [0.05, 0.1) is 21.7 Å². The van der Waals surface area contributed by atoms with Crippen molar-refractivity contribution in [2.75, 3.05) is 7.05 Å². The van der Waals surface area contributed by atoms with Gasteiger partial charge in [-0.2, -0.15) is 0 Å². The molecule has 0 radical (unpaired) electrons. The van der Waals surface area contributed by atoms with Crippen molar-refractivity contribution in [1.82, 2.24) is 9.88 Å². The second kappa shape index (κ2) is 7.28. The third-order valence-electron chi connectivity index (χ3n) is 4.20. The van der Waals surface area contributed by atoms with Gasteiger partial charge in [0.2, 0.25) is 0 Å². The summed E-state index contributed by atoms with van der Waals surface area (Å²) in [6.07, 6.45) is 0. The number of aryl methyl sites for hydroxylation is 1. The number of hydrogen-bond donors (Lipinski definition) is 0. The number of halogens is 2. The lowest BCUT2D eigenvalue weighted by molar-refractivity contribution is -0.384. The zero-order valence-electron chi connectivity index (χ0n) is 14.6. The molecular formula is C19H15ClFN3O3. The van der Waals surface area contributed by atoms with Crippen LogP contribution in [-0.4, -0.2) is 27.8 Å². The predicted octanol–water partition coefficient (Wildman–Crippen LogP) is 4.52. The summed E-state index contributed by atoms with van der Waals surface area (Å²) in [5, 5.41) is 11.9. The smallest absolute Gasteiger partial charge is 0.269 e. The average molecular weight is 388 g/mol. The number of nitro groups is 1. The quantitative estimate of drug-likeness (QED) is 0.487. The first kappa shape index (κ1) is 18.7. The molecule has 0 atom stereocenters. The van der Waals surface area contributed by atoms with Crippen molar-refractivity contribution in [1.29, 1.82) is 0 Å². The first-order chi connectivity index (χ1) is 12.8. The molecule has 0 aliphatic heterocycles. The molecule has 0 unspecified atom stereocenters. The summed E-state index contributed by atoms with van der Waals surface area (Å²) in [7, 11) is 1.58. The molecule has 0 spiro atoms. The fourth-order valence-corrected chi connectivity index (χ4v) is 2.96. The number of benzene rings is 2. The van der Waals surface area contributed by atoms with Crippen LogP contribution in [0.1, 0.15) is 21.6 Å². The molecule has 138 valence electrons. The second-order valence-corrected chi connectivity index (χ2v) is 6.56. The van der Waals surface area contributed by atoms with E-state index in [-0.39, 0.29) is 18.1 Å². The molecule has 1 heterocycles. The number of rotatable bonds is 4. The van der Waals surface area contributed by atoms with Crippen LogP contribution >= 0.6 is 11.6 Å². The van der Waals surface area contributed by atoms with E-state index in [4.69, 9.17) is 11.6 Å². The molecule has 3 rings (SSSR count). The average Bonchev–Trinajstić information content (AvgIpc) is 2.62. The summed E-state index contributed by atoms with van der Waals surface area (Å²) in [6, 6.07) is 9.93. The zero-order valence-corrected chi connectivity index (χ0v) is 15.3. The molecule has 0 bridgehead atoms. The minimum atomic E-state index is -0.516. The number of nitro benzene ring substituents is 1. The maximum Gasteiger partial charge on any atom is 0.269 e. The molecule has 0 N–H and O–H groups in total. The Morgan fingerprint density at radius 1 is 1.26 bits per heavy atom. The fourth-order valence-electron chi connectivity index (χ4n) is 2.78. The van der Waals surface area contributed by atoms with Gasteiger partial charge in [-0.05, 0) is 36.8 Å². The van der Waals surface area contributed by atoms with Crippen molar-refractivity contribution in [3.63, 3.8) is 0 Å². The Bertz CT molecular complexity index is 1070. The Balaban J connectivity index is 1.91. The first-order valence-electron chi connectivity index (χ1n) is 8.01. The predicted molar refractivity (Wildman–Crippen MR) is 100 cm³/mol. The van der Waals surface area contributed by atoms with Crippen molar-refractivity contribution >= 4 is 34.1 Å². The van der Waals surface area contributed by atoms with E-state index in [1.54, 1.807) is 26.1 Å². The molecule has 0 fully saturated rings. The molecule has 0 aliphatic carbocycles. The number of pyridine rings is 1. The number of nitrogens with zero attached hydrogens (tertiary/aromatic N) is 3. The van der Waals surface area contributed by atoms with Crippen molar-refractivity contribution in [3.05, 3.63) is 80.2 Å². The third-order valence-corrected chi connectivity index (χ3v) is 4.56. The Morgan fingerprint density at radius 2 is 2.00 bits per heavy atom. The van der Waals surface area contributed by atoms with Gasteiger partial charge in [0.15, 0.2) is 0 Å². The molecule has 0 saturated heterocycles. The fraction of sp³-hybridized carbons (Fsp3) is 0.158. The summed E-state index contributed by atoms with van der Waals surface area (Å²) in [5.41, 5.74) is 1.68. The summed E-state index contributed by atoms with van der Waals surface area (Å²) in [6.45, 7) is 1.77. The second-order valence-electron chi connectivity index (χ2n) is 6.15. The molecule has 0 aliphatic rings. The summed E-state index contributed by atoms with van der Waals surface area (Å²) in [5.74, 6) is -0.709. The zero-order chi connectivity index (χ0) is 19.7. The van der Waals surface area contributed by atoms with Crippen molar-refractivity contribution in [2.24, 2.45) is 0 Å². The standard InChI is InChI=1S/C19H15ClFN3O3/c1-11-16(8-12-3-4-14(21)9-18(12)22-11)19(25)23(2)10-13-7-15(24(26)27)5-6-17(13)20/h3-9H,10H2,1-2H3. The topological polar surface area (TPSA) is 76.3 Å². The summed E-state index contributed by atoms with van der Waals surface area (Å²) >= 11 is 6.11. The van der Waals surface area contributed by atoms with E-state index in [0.29, 0.717) is 32.7 Å². The lowest BCUT2D eigenvalue weighted by Crippen LogP contribution is -2.27. The number of non-ortho nitro benzene ring substituents is 1. The van der Waals surface area contributed by atoms with Crippen LogP contribution in [-0.2, 0) is 6.54 Å². The van der Waals surface area contributed by atoms with E-state index in [0.717, 1.165) is 0 Å². The Labute approximate surface area is 159 Å². The maximum absolute atomic E-state index is 13.3. The van der Waals surface area contributed by atoms with Gasteiger partial charge in [-0.3, -0.25) is 19.9 Å². The summed E-state index contributed by atoms with van der Waals surface area (Å²) < 4.78 is 13.3. The van der Waals surface area contributed by atoms with Gasteiger partial charge in [0, 0.05) is 42.2 Å². The highest BCUT2D eigenvalue weighted by Crippen LogP contribution is 2.24. The lowest BCUT2D eigenvalue weighted by Gasteiger charge is -2.19. The number of hydrogen-bond acceptors (Lipinski definition) is 4.